The van der Waals surface area contributed by atoms with Gasteiger partial charge < -0.3 is 5.32 Å². The van der Waals surface area contributed by atoms with Gasteiger partial charge in [0, 0.05) is 18.4 Å². The van der Waals surface area contributed by atoms with Crippen LogP contribution in [0.3, 0.4) is 0 Å². The van der Waals surface area contributed by atoms with Crippen LogP contribution >= 0.6 is 0 Å². The second-order valence-electron chi connectivity index (χ2n) is 4.58. The lowest BCUT2D eigenvalue weighted by Crippen LogP contribution is -2.23. The molecule has 1 atom stereocenters. The van der Waals surface area contributed by atoms with Crippen molar-refractivity contribution in [2.75, 3.05) is 6.54 Å². The van der Waals surface area contributed by atoms with Gasteiger partial charge in [0.05, 0.1) is 11.4 Å². The molecular weight excluding hydrogens is 241 g/mol. The molecule has 0 saturated heterocycles. The zero-order valence-corrected chi connectivity index (χ0v) is 11.2. The molecule has 1 aromatic heterocycles. The molecule has 1 heterocycles. The van der Waals surface area contributed by atoms with Crippen LogP contribution < -0.4 is 5.32 Å². The van der Waals surface area contributed by atoms with Gasteiger partial charge in [-0.25, -0.2) is 4.39 Å². The second-order valence-corrected chi connectivity index (χ2v) is 4.58. The monoisotopic (exact) mass is 259 g/mol. The van der Waals surface area contributed by atoms with E-state index in [9.17, 15) is 4.39 Å². The van der Waals surface area contributed by atoms with E-state index in [0.717, 1.165) is 29.9 Å². The van der Waals surface area contributed by atoms with Crippen LogP contribution in [-0.2, 0) is 6.42 Å². The molecule has 1 N–H and O–H groups in total. The SMILES string of the molecule is Cc1nccnc1C(C)NCCc1ccc(F)cc1. The van der Waals surface area contributed by atoms with Crippen LogP contribution in [0.25, 0.3) is 0 Å². The highest BCUT2D eigenvalue weighted by Gasteiger charge is 2.09. The van der Waals surface area contributed by atoms with Gasteiger partial charge in [-0.3, -0.25) is 9.97 Å². The van der Waals surface area contributed by atoms with Gasteiger partial charge in [-0.2, -0.15) is 0 Å². The van der Waals surface area contributed by atoms with Crippen molar-refractivity contribution >= 4 is 0 Å². The fraction of sp³-hybridized carbons (Fsp3) is 0.333. The normalized spacial score (nSPS) is 12.4. The minimum absolute atomic E-state index is 0.161. The van der Waals surface area contributed by atoms with Crippen molar-refractivity contribution in [2.24, 2.45) is 0 Å². The molecule has 0 fully saturated rings. The van der Waals surface area contributed by atoms with Crippen molar-refractivity contribution in [1.29, 1.82) is 0 Å². The van der Waals surface area contributed by atoms with E-state index in [2.05, 4.69) is 22.2 Å². The van der Waals surface area contributed by atoms with Crippen LogP contribution in [0.4, 0.5) is 4.39 Å². The number of hydrogen-bond donors (Lipinski definition) is 1. The lowest BCUT2D eigenvalue weighted by atomic mass is 10.1. The Hall–Kier alpha value is -1.81. The highest BCUT2D eigenvalue weighted by Crippen LogP contribution is 2.11. The van der Waals surface area contributed by atoms with Crippen LogP contribution in [0.15, 0.2) is 36.7 Å². The standard InChI is InChI=1S/C15H18FN3/c1-11(15-12(2)18-9-10-19-15)17-8-7-13-3-5-14(16)6-4-13/h3-6,9-11,17H,7-8H2,1-2H3. The summed E-state index contributed by atoms with van der Waals surface area (Å²) < 4.78 is 12.8. The fourth-order valence-corrected chi connectivity index (χ4v) is 2.02. The largest absolute Gasteiger partial charge is 0.308 e. The smallest absolute Gasteiger partial charge is 0.123 e. The van der Waals surface area contributed by atoms with Crippen molar-refractivity contribution in [2.45, 2.75) is 26.3 Å². The van der Waals surface area contributed by atoms with E-state index in [1.165, 1.54) is 12.1 Å². The third-order valence-corrected chi connectivity index (χ3v) is 3.11. The minimum atomic E-state index is -0.194. The van der Waals surface area contributed by atoms with Crippen molar-refractivity contribution < 1.29 is 4.39 Å². The molecule has 0 aliphatic heterocycles. The van der Waals surface area contributed by atoms with Crippen LogP contribution in [-0.4, -0.2) is 16.5 Å². The van der Waals surface area contributed by atoms with E-state index < -0.39 is 0 Å². The Labute approximate surface area is 112 Å². The Balaban J connectivity index is 1.86. The second kappa shape index (κ2) is 6.38. The van der Waals surface area contributed by atoms with Gasteiger partial charge in [0.25, 0.3) is 0 Å². The molecule has 0 bridgehead atoms. The molecule has 0 radical (unpaired) electrons. The number of nitrogens with zero attached hydrogens (tertiary/aromatic N) is 2. The predicted molar refractivity (Wildman–Crippen MR) is 73.3 cm³/mol. The van der Waals surface area contributed by atoms with Crippen LogP contribution in [0.5, 0.6) is 0 Å². The first kappa shape index (κ1) is 13.6. The Morgan fingerprint density at radius 3 is 2.53 bits per heavy atom. The molecule has 19 heavy (non-hydrogen) atoms. The average molecular weight is 259 g/mol. The number of aromatic nitrogens is 2. The third-order valence-electron chi connectivity index (χ3n) is 3.11. The topological polar surface area (TPSA) is 37.8 Å². The Bertz CT molecular complexity index is 525. The fourth-order valence-electron chi connectivity index (χ4n) is 2.02. The van der Waals surface area contributed by atoms with Gasteiger partial charge >= 0.3 is 0 Å². The van der Waals surface area contributed by atoms with E-state index in [4.69, 9.17) is 0 Å². The Morgan fingerprint density at radius 2 is 1.84 bits per heavy atom. The maximum absolute atomic E-state index is 12.8. The Kier molecular flexibility index (Phi) is 4.58. The first-order valence-corrected chi connectivity index (χ1v) is 6.42. The number of hydrogen-bond acceptors (Lipinski definition) is 3. The van der Waals surface area contributed by atoms with Crippen molar-refractivity contribution in [1.82, 2.24) is 15.3 Å². The summed E-state index contributed by atoms with van der Waals surface area (Å²) in [4.78, 5) is 8.57. The quantitative estimate of drug-likeness (QED) is 0.897. The summed E-state index contributed by atoms with van der Waals surface area (Å²) in [5, 5.41) is 3.41. The average Bonchev–Trinajstić information content (AvgIpc) is 2.41. The first-order chi connectivity index (χ1) is 9.16. The van der Waals surface area contributed by atoms with Crippen molar-refractivity contribution in [3.63, 3.8) is 0 Å². The first-order valence-electron chi connectivity index (χ1n) is 6.42. The number of halogens is 1. The number of aryl methyl sites for hydroxylation is 1. The molecule has 4 heteroatoms. The molecule has 1 unspecified atom stereocenters. The molecule has 2 rings (SSSR count). The molecule has 0 saturated carbocycles. The van der Waals surface area contributed by atoms with Crippen molar-refractivity contribution in [3.05, 3.63) is 59.4 Å². The van der Waals surface area contributed by atoms with E-state index in [-0.39, 0.29) is 11.9 Å². The molecule has 0 amide bonds. The van der Waals surface area contributed by atoms with Gasteiger partial charge in [0.2, 0.25) is 0 Å². The summed E-state index contributed by atoms with van der Waals surface area (Å²) >= 11 is 0. The zero-order chi connectivity index (χ0) is 13.7. The van der Waals surface area contributed by atoms with E-state index in [1.807, 2.05) is 19.1 Å². The molecule has 3 nitrogen and oxygen atoms in total. The summed E-state index contributed by atoms with van der Waals surface area (Å²) in [7, 11) is 0. The van der Waals surface area contributed by atoms with Gasteiger partial charge in [-0.1, -0.05) is 12.1 Å². The van der Waals surface area contributed by atoms with Gasteiger partial charge in [-0.15, -0.1) is 0 Å². The molecule has 2 aromatic rings. The number of benzene rings is 1. The van der Waals surface area contributed by atoms with Gasteiger partial charge in [0.15, 0.2) is 0 Å². The number of rotatable bonds is 5. The summed E-state index contributed by atoms with van der Waals surface area (Å²) in [6, 6.07) is 6.77. The molecule has 100 valence electrons. The van der Waals surface area contributed by atoms with Gasteiger partial charge in [0.1, 0.15) is 5.82 Å². The third kappa shape index (κ3) is 3.83. The summed E-state index contributed by atoms with van der Waals surface area (Å²) in [5.74, 6) is -0.194. The molecular formula is C15H18FN3. The maximum atomic E-state index is 12.8. The van der Waals surface area contributed by atoms with Gasteiger partial charge in [-0.05, 0) is 44.5 Å². The maximum Gasteiger partial charge on any atom is 0.123 e. The lowest BCUT2D eigenvalue weighted by molar-refractivity contribution is 0.557. The van der Waals surface area contributed by atoms with E-state index in [1.54, 1.807) is 12.4 Å². The summed E-state index contributed by atoms with van der Waals surface area (Å²) in [6.45, 7) is 4.85. The number of nitrogens with one attached hydrogen (secondary N) is 1. The molecule has 0 aliphatic rings. The summed E-state index contributed by atoms with van der Waals surface area (Å²) in [6.07, 6.45) is 4.27. The molecule has 0 aliphatic carbocycles. The summed E-state index contributed by atoms with van der Waals surface area (Å²) in [5.41, 5.74) is 3.04. The van der Waals surface area contributed by atoms with Crippen LogP contribution in [0.2, 0.25) is 0 Å². The highest BCUT2D eigenvalue weighted by molar-refractivity contribution is 5.17. The van der Waals surface area contributed by atoms with Crippen LogP contribution in [0, 0.1) is 12.7 Å². The van der Waals surface area contributed by atoms with Crippen molar-refractivity contribution in [3.8, 4) is 0 Å². The minimum Gasteiger partial charge on any atom is -0.308 e. The highest BCUT2D eigenvalue weighted by atomic mass is 19.1. The lowest BCUT2D eigenvalue weighted by Gasteiger charge is -2.14. The van der Waals surface area contributed by atoms with Crippen LogP contribution in [0.1, 0.15) is 29.9 Å². The molecule has 1 aromatic carbocycles. The predicted octanol–water partition coefficient (Wildman–Crippen LogP) is 2.82. The van der Waals surface area contributed by atoms with E-state index in [0.29, 0.717) is 0 Å². The zero-order valence-electron chi connectivity index (χ0n) is 11.2. The van der Waals surface area contributed by atoms with E-state index >= 15 is 0 Å². The molecule has 0 spiro atoms. The Morgan fingerprint density at radius 1 is 1.16 bits per heavy atom.